The van der Waals surface area contributed by atoms with Crippen LogP contribution in [0, 0.1) is 11.7 Å². The van der Waals surface area contributed by atoms with E-state index >= 15 is 0 Å². The molecule has 1 amide bonds. The van der Waals surface area contributed by atoms with Crippen LogP contribution in [0.25, 0.3) is 0 Å². The normalized spacial score (nSPS) is 24.9. The van der Waals surface area contributed by atoms with Crippen LogP contribution >= 0.6 is 0 Å². The molecule has 0 aliphatic carbocycles. The van der Waals surface area contributed by atoms with E-state index in [0.29, 0.717) is 24.1 Å². The molecule has 2 saturated heterocycles. The minimum absolute atomic E-state index is 0.0180. The lowest BCUT2D eigenvalue weighted by molar-refractivity contribution is -0.143. The van der Waals surface area contributed by atoms with E-state index in [2.05, 4.69) is 0 Å². The number of ether oxygens (including phenoxy) is 1. The molecule has 0 radical (unpaired) electrons. The van der Waals surface area contributed by atoms with Crippen LogP contribution < -0.4 is 0 Å². The van der Waals surface area contributed by atoms with Gasteiger partial charge in [0.05, 0.1) is 23.3 Å². The zero-order chi connectivity index (χ0) is 28.0. The van der Waals surface area contributed by atoms with Gasteiger partial charge in [-0.15, -0.1) is 0 Å². The van der Waals surface area contributed by atoms with Crippen LogP contribution in [0.15, 0.2) is 42.5 Å². The molecule has 0 aromatic heterocycles. The highest BCUT2D eigenvalue weighted by molar-refractivity contribution is 5.88. The Kier molecular flexibility index (Phi) is 7.62. The van der Waals surface area contributed by atoms with E-state index in [1.807, 2.05) is 0 Å². The van der Waals surface area contributed by atoms with Crippen molar-refractivity contribution in [2.24, 2.45) is 5.92 Å². The number of hydrogen-bond donors (Lipinski definition) is 0. The van der Waals surface area contributed by atoms with Gasteiger partial charge in [-0.25, -0.2) is 4.39 Å². The molecule has 0 saturated carbocycles. The van der Waals surface area contributed by atoms with Crippen molar-refractivity contribution < 1.29 is 45.1 Å². The topological polar surface area (TPSA) is 46.6 Å². The Morgan fingerprint density at radius 3 is 2.13 bits per heavy atom. The second-order valence-corrected chi connectivity index (χ2v) is 9.80. The Bertz CT molecular complexity index is 1160. The SMILES string of the molecule is CCC(=O)C1CC(=O)N2C[C@H](O[C@H](C)c3cc(C(F)(F)F)cc(C(F)(F)F)c3)[C@@H](c3ccc(F)cc3)[C@@H]2C1. The van der Waals surface area contributed by atoms with Gasteiger partial charge in [-0.1, -0.05) is 19.1 Å². The summed E-state index contributed by atoms with van der Waals surface area (Å²) in [6, 6.07) is 6.26. The molecule has 0 bridgehead atoms. The van der Waals surface area contributed by atoms with E-state index in [9.17, 15) is 40.3 Å². The molecule has 1 unspecified atom stereocenters. The molecule has 4 nitrogen and oxygen atoms in total. The third-order valence-electron chi connectivity index (χ3n) is 7.38. The molecule has 5 atom stereocenters. The zero-order valence-electron chi connectivity index (χ0n) is 20.6. The number of alkyl halides is 6. The maximum Gasteiger partial charge on any atom is 0.416 e. The second-order valence-electron chi connectivity index (χ2n) is 9.80. The van der Waals surface area contributed by atoms with Crippen molar-refractivity contribution >= 4 is 11.7 Å². The summed E-state index contributed by atoms with van der Waals surface area (Å²) in [4.78, 5) is 26.9. The standard InChI is InChI=1S/C27H26F7NO3/c1-3-22(36)17-10-21-25(15-4-6-20(28)7-5-15)23(13-35(21)24(37)11-17)38-14(2)16-8-18(26(29,30)31)12-19(9-16)27(32,33)34/h4-9,12,14,17,21,23,25H,3,10-11,13H2,1-2H3/t14-,17?,21+,23+,25+/m1/s1. The molecular weight excluding hydrogens is 519 g/mol. The third kappa shape index (κ3) is 5.72. The van der Waals surface area contributed by atoms with Gasteiger partial charge in [0, 0.05) is 37.3 Å². The first-order valence-electron chi connectivity index (χ1n) is 12.2. The minimum Gasteiger partial charge on any atom is -0.368 e. The van der Waals surface area contributed by atoms with Crippen molar-refractivity contribution in [1.82, 2.24) is 4.90 Å². The molecule has 2 aromatic carbocycles. The predicted molar refractivity (Wildman–Crippen MR) is 122 cm³/mol. The summed E-state index contributed by atoms with van der Waals surface area (Å²) in [5, 5.41) is 0. The van der Waals surface area contributed by atoms with E-state index in [-0.39, 0.29) is 42.7 Å². The molecule has 206 valence electrons. The van der Waals surface area contributed by atoms with Gasteiger partial charge in [0.15, 0.2) is 0 Å². The molecule has 2 aromatic rings. The maximum absolute atomic E-state index is 13.7. The van der Waals surface area contributed by atoms with Crippen molar-refractivity contribution in [3.63, 3.8) is 0 Å². The van der Waals surface area contributed by atoms with Crippen molar-refractivity contribution in [3.8, 4) is 0 Å². The molecule has 38 heavy (non-hydrogen) atoms. The largest absolute Gasteiger partial charge is 0.416 e. The minimum atomic E-state index is -5.01. The smallest absolute Gasteiger partial charge is 0.368 e. The fraction of sp³-hybridized carbons (Fsp3) is 0.481. The Hall–Kier alpha value is -2.95. The number of piperidine rings is 1. The number of ketones is 1. The summed E-state index contributed by atoms with van der Waals surface area (Å²) < 4.78 is 100. The van der Waals surface area contributed by atoms with E-state index in [0.717, 1.165) is 0 Å². The molecule has 2 heterocycles. The molecule has 4 rings (SSSR count). The summed E-state index contributed by atoms with van der Waals surface area (Å²) in [5.41, 5.74) is -2.63. The lowest BCUT2D eigenvalue weighted by Crippen LogP contribution is -2.45. The van der Waals surface area contributed by atoms with Crippen molar-refractivity contribution in [3.05, 3.63) is 70.5 Å². The zero-order valence-corrected chi connectivity index (χ0v) is 20.6. The Labute approximate surface area is 214 Å². The van der Waals surface area contributed by atoms with Crippen molar-refractivity contribution in [1.29, 1.82) is 0 Å². The van der Waals surface area contributed by atoms with Crippen LogP contribution in [0.4, 0.5) is 30.7 Å². The van der Waals surface area contributed by atoms with Gasteiger partial charge in [-0.05, 0) is 54.8 Å². The molecule has 0 spiro atoms. The van der Waals surface area contributed by atoms with Crippen LogP contribution in [-0.4, -0.2) is 35.3 Å². The monoisotopic (exact) mass is 545 g/mol. The molecule has 2 aliphatic rings. The number of Topliss-reactive ketones (excluding diaryl/α,β-unsaturated/α-hetero) is 1. The van der Waals surface area contributed by atoms with E-state index in [4.69, 9.17) is 4.74 Å². The average Bonchev–Trinajstić information content (AvgIpc) is 3.21. The number of halogens is 7. The fourth-order valence-corrected chi connectivity index (χ4v) is 5.49. The van der Waals surface area contributed by atoms with Crippen LogP contribution in [0.3, 0.4) is 0 Å². The van der Waals surface area contributed by atoms with Gasteiger partial charge in [0.2, 0.25) is 5.91 Å². The van der Waals surface area contributed by atoms with Gasteiger partial charge in [0.25, 0.3) is 0 Å². The maximum atomic E-state index is 13.7. The molecule has 2 fully saturated rings. The highest BCUT2D eigenvalue weighted by atomic mass is 19.4. The summed E-state index contributed by atoms with van der Waals surface area (Å²) in [7, 11) is 0. The summed E-state index contributed by atoms with van der Waals surface area (Å²) >= 11 is 0. The quantitative estimate of drug-likeness (QED) is 0.380. The van der Waals surface area contributed by atoms with Crippen molar-refractivity contribution in [2.45, 2.75) is 69.6 Å². The summed E-state index contributed by atoms with van der Waals surface area (Å²) in [6.07, 6.45) is -11.4. The predicted octanol–water partition coefficient (Wildman–Crippen LogP) is 6.69. The number of rotatable bonds is 6. The second kappa shape index (κ2) is 10.3. The summed E-state index contributed by atoms with van der Waals surface area (Å²) in [5.74, 6) is -1.93. The van der Waals surface area contributed by atoms with Gasteiger partial charge >= 0.3 is 12.4 Å². The summed E-state index contributed by atoms with van der Waals surface area (Å²) in [6.45, 7) is 3.08. The number of benzene rings is 2. The molecule has 11 heteroatoms. The van der Waals surface area contributed by atoms with Gasteiger partial charge in [-0.2, -0.15) is 26.3 Å². The first kappa shape index (κ1) is 28.1. The Balaban J connectivity index is 1.69. The van der Waals surface area contributed by atoms with E-state index < -0.39 is 59.4 Å². The molecular formula is C27H26F7NO3. The Morgan fingerprint density at radius 2 is 1.61 bits per heavy atom. The molecule has 0 N–H and O–H groups in total. The van der Waals surface area contributed by atoms with Crippen LogP contribution in [0.5, 0.6) is 0 Å². The third-order valence-corrected chi connectivity index (χ3v) is 7.38. The number of amides is 1. The number of nitrogens with zero attached hydrogens (tertiary/aromatic N) is 1. The number of carbonyl (C=O) groups is 2. The highest BCUT2D eigenvalue weighted by Gasteiger charge is 2.50. The van der Waals surface area contributed by atoms with Crippen molar-refractivity contribution in [2.75, 3.05) is 6.54 Å². The Morgan fingerprint density at radius 1 is 1.03 bits per heavy atom. The first-order chi connectivity index (χ1) is 17.7. The lowest BCUT2D eigenvalue weighted by atomic mass is 9.80. The number of carbonyl (C=O) groups excluding carboxylic acids is 2. The van der Waals surface area contributed by atoms with E-state index in [1.165, 1.54) is 31.2 Å². The highest BCUT2D eigenvalue weighted by Crippen LogP contribution is 2.45. The van der Waals surface area contributed by atoms with E-state index in [1.54, 1.807) is 11.8 Å². The fourth-order valence-electron chi connectivity index (χ4n) is 5.49. The van der Waals surface area contributed by atoms with Gasteiger partial charge in [0.1, 0.15) is 11.6 Å². The molecule has 2 aliphatic heterocycles. The first-order valence-corrected chi connectivity index (χ1v) is 12.2. The van der Waals surface area contributed by atoms with Crippen LogP contribution in [0.1, 0.15) is 67.4 Å². The lowest BCUT2D eigenvalue weighted by Gasteiger charge is -2.36. The van der Waals surface area contributed by atoms with Gasteiger partial charge < -0.3 is 9.64 Å². The van der Waals surface area contributed by atoms with Gasteiger partial charge in [-0.3, -0.25) is 9.59 Å². The number of fused-ring (bicyclic) bond motifs is 1. The van der Waals surface area contributed by atoms with Crippen LogP contribution in [0.2, 0.25) is 0 Å². The number of hydrogen-bond acceptors (Lipinski definition) is 3. The van der Waals surface area contributed by atoms with Crippen LogP contribution in [-0.2, 0) is 26.7 Å². The average molecular weight is 545 g/mol.